The van der Waals surface area contributed by atoms with Gasteiger partial charge >= 0.3 is 0 Å². The van der Waals surface area contributed by atoms with E-state index in [1.165, 1.54) is 9.75 Å². The van der Waals surface area contributed by atoms with Gasteiger partial charge in [-0.3, -0.25) is 4.79 Å². The zero-order valence-corrected chi connectivity index (χ0v) is 10.9. The molecule has 2 heterocycles. The molecular weight excluding hydrogens is 238 g/mol. The molecule has 0 atom stereocenters. The molecule has 4 heteroatoms. The number of carbonyl (C=O) groups excluding carboxylic acids is 1. The average molecular weight is 251 g/mol. The van der Waals surface area contributed by atoms with Crippen molar-refractivity contribution in [1.29, 1.82) is 0 Å². The van der Waals surface area contributed by atoms with Gasteiger partial charge in [-0.15, -0.1) is 22.7 Å². The van der Waals surface area contributed by atoms with Gasteiger partial charge in [0.05, 0.1) is 12.1 Å². The Labute approximate surface area is 103 Å². The Morgan fingerprint density at radius 3 is 2.81 bits per heavy atom. The summed E-state index contributed by atoms with van der Waals surface area (Å²) in [5.41, 5.74) is 0.805. The molecule has 0 spiro atoms. The second kappa shape index (κ2) is 4.80. The lowest BCUT2D eigenvalue weighted by Gasteiger charge is -2.02. The Morgan fingerprint density at radius 2 is 2.25 bits per heavy atom. The van der Waals surface area contributed by atoms with Gasteiger partial charge in [0, 0.05) is 14.6 Å². The molecular formula is C12H13NOS2. The van der Waals surface area contributed by atoms with Gasteiger partial charge in [0.15, 0.2) is 0 Å². The summed E-state index contributed by atoms with van der Waals surface area (Å²) in [6.45, 7) is 4.62. The third-order valence-corrected chi connectivity index (χ3v) is 4.13. The maximum absolute atomic E-state index is 11.9. The van der Waals surface area contributed by atoms with Crippen molar-refractivity contribution in [2.24, 2.45) is 0 Å². The Bertz CT molecular complexity index is 485. The molecule has 0 aliphatic carbocycles. The molecule has 2 rings (SSSR count). The van der Waals surface area contributed by atoms with Gasteiger partial charge in [-0.1, -0.05) is 6.07 Å². The molecule has 1 N–H and O–H groups in total. The van der Waals surface area contributed by atoms with E-state index >= 15 is 0 Å². The van der Waals surface area contributed by atoms with Crippen molar-refractivity contribution in [2.45, 2.75) is 20.4 Å². The topological polar surface area (TPSA) is 29.1 Å². The number of carbonyl (C=O) groups is 1. The molecule has 2 nitrogen and oxygen atoms in total. The molecule has 1 amide bonds. The summed E-state index contributed by atoms with van der Waals surface area (Å²) in [4.78, 5) is 15.3. The standard InChI is InChI=1S/C12H13NOS2/c1-8-6-11(9(2)16-8)12(14)13-7-10-4-3-5-15-10/h3-6H,7H2,1-2H3,(H,13,14). The van der Waals surface area contributed by atoms with Crippen LogP contribution < -0.4 is 5.32 Å². The lowest BCUT2D eigenvalue weighted by Crippen LogP contribution is -2.22. The molecule has 84 valence electrons. The summed E-state index contributed by atoms with van der Waals surface area (Å²) in [6.07, 6.45) is 0. The zero-order chi connectivity index (χ0) is 11.5. The number of hydrogen-bond donors (Lipinski definition) is 1. The van der Waals surface area contributed by atoms with Crippen LogP contribution in [0.15, 0.2) is 23.6 Å². The van der Waals surface area contributed by atoms with E-state index in [-0.39, 0.29) is 5.91 Å². The lowest BCUT2D eigenvalue weighted by atomic mass is 10.2. The van der Waals surface area contributed by atoms with Gasteiger partial charge in [-0.05, 0) is 31.4 Å². The smallest absolute Gasteiger partial charge is 0.252 e. The number of hydrogen-bond acceptors (Lipinski definition) is 3. The maximum atomic E-state index is 11.9. The quantitative estimate of drug-likeness (QED) is 0.890. The van der Waals surface area contributed by atoms with E-state index in [1.807, 2.05) is 37.4 Å². The van der Waals surface area contributed by atoms with Crippen LogP contribution in [-0.4, -0.2) is 5.91 Å². The molecule has 0 aromatic carbocycles. The van der Waals surface area contributed by atoms with E-state index in [2.05, 4.69) is 5.32 Å². The van der Waals surface area contributed by atoms with Crippen molar-refractivity contribution in [3.63, 3.8) is 0 Å². The van der Waals surface area contributed by atoms with Crippen molar-refractivity contribution in [3.8, 4) is 0 Å². The number of nitrogens with one attached hydrogen (secondary N) is 1. The molecule has 0 aliphatic heterocycles. The molecule has 0 saturated heterocycles. The SMILES string of the molecule is Cc1cc(C(=O)NCc2cccs2)c(C)s1. The van der Waals surface area contributed by atoms with Crippen molar-refractivity contribution in [3.05, 3.63) is 43.8 Å². The zero-order valence-electron chi connectivity index (χ0n) is 9.24. The van der Waals surface area contributed by atoms with Crippen molar-refractivity contribution in [1.82, 2.24) is 5.32 Å². The molecule has 2 aromatic rings. The normalized spacial score (nSPS) is 10.4. The number of thiophene rings is 2. The van der Waals surface area contributed by atoms with E-state index in [4.69, 9.17) is 0 Å². The van der Waals surface area contributed by atoms with Crippen LogP contribution in [0.3, 0.4) is 0 Å². The van der Waals surface area contributed by atoms with Gasteiger partial charge in [0.2, 0.25) is 0 Å². The van der Waals surface area contributed by atoms with Gasteiger partial charge in [-0.25, -0.2) is 0 Å². The third-order valence-electron chi connectivity index (χ3n) is 2.29. The molecule has 16 heavy (non-hydrogen) atoms. The Morgan fingerprint density at radius 1 is 1.44 bits per heavy atom. The van der Waals surface area contributed by atoms with Crippen LogP contribution in [0.5, 0.6) is 0 Å². The Kier molecular flexibility index (Phi) is 3.41. The van der Waals surface area contributed by atoms with Crippen LogP contribution in [0.25, 0.3) is 0 Å². The Balaban J connectivity index is 2.01. The highest BCUT2D eigenvalue weighted by molar-refractivity contribution is 7.12. The van der Waals surface area contributed by atoms with Gasteiger partial charge < -0.3 is 5.32 Å². The highest BCUT2D eigenvalue weighted by Crippen LogP contribution is 2.20. The first-order valence-electron chi connectivity index (χ1n) is 5.04. The number of rotatable bonds is 3. The van der Waals surface area contributed by atoms with Crippen LogP contribution >= 0.6 is 22.7 Å². The summed E-state index contributed by atoms with van der Waals surface area (Å²) < 4.78 is 0. The van der Waals surface area contributed by atoms with Crippen molar-refractivity contribution in [2.75, 3.05) is 0 Å². The third kappa shape index (κ3) is 2.51. The van der Waals surface area contributed by atoms with Crippen LogP contribution in [0, 0.1) is 13.8 Å². The fraction of sp³-hybridized carbons (Fsp3) is 0.250. The number of amides is 1. The molecule has 0 aliphatic rings. The first-order valence-corrected chi connectivity index (χ1v) is 6.74. The lowest BCUT2D eigenvalue weighted by molar-refractivity contribution is 0.0951. The monoisotopic (exact) mass is 251 g/mol. The summed E-state index contributed by atoms with van der Waals surface area (Å²) >= 11 is 3.32. The van der Waals surface area contributed by atoms with Gasteiger partial charge in [0.25, 0.3) is 5.91 Å². The molecule has 0 bridgehead atoms. The van der Waals surface area contributed by atoms with E-state index in [9.17, 15) is 4.79 Å². The summed E-state index contributed by atoms with van der Waals surface area (Å²) in [6, 6.07) is 5.96. The molecule has 0 unspecified atom stereocenters. The van der Waals surface area contributed by atoms with Crippen LogP contribution in [0.2, 0.25) is 0 Å². The first-order chi connectivity index (χ1) is 7.66. The van der Waals surface area contributed by atoms with Crippen LogP contribution in [0.4, 0.5) is 0 Å². The first kappa shape index (κ1) is 11.4. The molecule has 0 saturated carbocycles. The van der Waals surface area contributed by atoms with E-state index in [0.29, 0.717) is 6.54 Å². The molecule has 0 radical (unpaired) electrons. The predicted octanol–water partition coefficient (Wildman–Crippen LogP) is 3.36. The summed E-state index contributed by atoms with van der Waals surface area (Å²) in [7, 11) is 0. The Hall–Kier alpha value is -1.13. The van der Waals surface area contributed by atoms with Crippen molar-refractivity contribution >= 4 is 28.6 Å². The van der Waals surface area contributed by atoms with E-state index in [1.54, 1.807) is 22.7 Å². The fourth-order valence-electron chi connectivity index (χ4n) is 1.53. The van der Waals surface area contributed by atoms with Crippen LogP contribution in [0.1, 0.15) is 25.0 Å². The van der Waals surface area contributed by atoms with E-state index < -0.39 is 0 Å². The van der Waals surface area contributed by atoms with E-state index in [0.717, 1.165) is 10.4 Å². The largest absolute Gasteiger partial charge is 0.347 e. The van der Waals surface area contributed by atoms with Gasteiger partial charge in [-0.2, -0.15) is 0 Å². The molecule has 2 aromatic heterocycles. The summed E-state index contributed by atoms with van der Waals surface area (Å²) in [5, 5.41) is 4.95. The van der Waals surface area contributed by atoms with Gasteiger partial charge in [0.1, 0.15) is 0 Å². The van der Waals surface area contributed by atoms with Crippen molar-refractivity contribution < 1.29 is 4.79 Å². The average Bonchev–Trinajstić information content (AvgIpc) is 2.84. The minimum absolute atomic E-state index is 0.0234. The second-order valence-corrected chi connectivity index (χ2v) is 6.08. The molecule has 0 fully saturated rings. The fourth-order valence-corrected chi connectivity index (χ4v) is 3.10. The van der Waals surface area contributed by atoms with Crippen LogP contribution in [-0.2, 0) is 6.54 Å². The predicted molar refractivity (Wildman–Crippen MR) is 69.3 cm³/mol. The highest BCUT2D eigenvalue weighted by Gasteiger charge is 2.11. The minimum Gasteiger partial charge on any atom is -0.347 e. The highest BCUT2D eigenvalue weighted by atomic mass is 32.1. The number of aryl methyl sites for hydroxylation is 2. The maximum Gasteiger partial charge on any atom is 0.252 e. The summed E-state index contributed by atoms with van der Waals surface area (Å²) in [5.74, 6) is 0.0234. The second-order valence-electron chi connectivity index (χ2n) is 3.59. The minimum atomic E-state index is 0.0234.